The van der Waals surface area contributed by atoms with Crippen molar-refractivity contribution < 1.29 is 19.4 Å². The quantitative estimate of drug-likeness (QED) is 0.823. The number of nitrogens with zero attached hydrogens (tertiary/aromatic N) is 1. The summed E-state index contributed by atoms with van der Waals surface area (Å²) in [5.41, 5.74) is 1.56. The number of phenols is 1. The Labute approximate surface area is 159 Å². The molecule has 1 amide bonds. The third kappa shape index (κ3) is 5.09. The number of hydrogen-bond donors (Lipinski definition) is 1. The lowest BCUT2D eigenvalue weighted by molar-refractivity contribution is -0.141. The molecule has 2 aromatic carbocycles. The zero-order valence-corrected chi connectivity index (χ0v) is 15.5. The first-order chi connectivity index (χ1) is 13.0. The molecule has 2 aromatic rings. The molecule has 0 bridgehead atoms. The van der Waals surface area contributed by atoms with Gasteiger partial charge in [-0.05, 0) is 55.9 Å². The smallest absolute Gasteiger partial charge is 0.339 e. The Hall–Kier alpha value is -2.82. The fraction of sp³-hybridized carbons (Fsp3) is 0.364. The van der Waals surface area contributed by atoms with Crippen LogP contribution in [0.5, 0.6) is 5.75 Å². The summed E-state index contributed by atoms with van der Waals surface area (Å²) in [5.74, 6) is -0.210. The maximum Gasteiger partial charge on any atom is 0.339 e. The molecular weight excluding hydrogens is 342 g/mol. The van der Waals surface area contributed by atoms with E-state index in [1.807, 2.05) is 6.07 Å². The molecule has 0 radical (unpaired) electrons. The van der Waals surface area contributed by atoms with Crippen molar-refractivity contribution in [1.29, 1.82) is 0 Å². The largest absolute Gasteiger partial charge is 0.508 e. The highest BCUT2D eigenvalue weighted by Crippen LogP contribution is 2.22. The lowest BCUT2D eigenvalue weighted by atomic mass is 9.90. The monoisotopic (exact) mass is 367 g/mol. The van der Waals surface area contributed by atoms with Crippen molar-refractivity contribution in [2.45, 2.75) is 32.3 Å². The predicted molar refractivity (Wildman–Crippen MR) is 102 cm³/mol. The second kappa shape index (κ2) is 8.71. The van der Waals surface area contributed by atoms with Crippen molar-refractivity contribution >= 4 is 11.9 Å². The van der Waals surface area contributed by atoms with Crippen molar-refractivity contribution in [1.82, 2.24) is 4.90 Å². The van der Waals surface area contributed by atoms with E-state index in [2.05, 4.69) is 24.3 Å². The van der Waals surface area contributed by atoms with E-state index in [4.69, 9.17) is 4.74 Å². The second-order valence-electron chi connectivity index (χ2n) is 7.06. The fourth-order valence-corrected chi connectivity index (χ4v) is 3.47. The highest BCUT2D eigenvalue weighted by molar-refractivity contribution is 5.92. The number of likely N-dealkylation sites (tertiary alicyclic amines) is 1. The highest BCUT2D eigenvalue weighted by atomic mass is 16.5. The minimum Gasteiger partial charge on any atom is -0.508 e. The third-order valence-corrected chi connectivity index (χ3v) is 5.01. The number of benzene rings is 2. The molecule has 1 atom stereocenters. The number of piperidine rings is 1. The third-order valence-electron chi connectivity index (χ3n) is 5.01. The summed E-state index contributed by atoms with van der Waals surface area (Å²) in [7, 11) is 0. The Morgan fingerprint density at radius 1 is 1.11 bits per heavy atom. The second-order valence-corrected chi connectivity index (χ2v) is 7.06. The molecule has 1 N–H and O–H groups in total. The molecule has 5 heteroatoms. The Morgan fingerprint density at radius 2 is 1.81 bits per heavy atom. The molecule has 0 aliphatic carbocycles. The Kier molecular flexibility index (Phi) is 6.12. The van der Waals surface area contributed by atoms with Gasteiger partial charge in [0, 0.05) is 13.1 Å². The number of rotatable bonds is 5. The van der Waals surface area contributed by atoms with Crippen molar-refractivity contribution in [2.75, 3.05) is 13.1 Å². The van der Waals surface area contributed by atoms with Crippen LogP contribution in [-0.4, -0.2) is 41.1 Å². The first-order valence-corrected chi connectivity index (χ1v) is 9.35. The molecule has 27 heavy (non-hydrogen) atoms. The first-order valence-electron chi connectivity index (χ1n) is 9.35. The summed E-state index contributed by atoms with van der Waals surface area (Å²) < 4.78 is 5.29. The minimum absolute atomic E-state index is 0.0103. The van der Waals surface area contributed by atoms with Gasteiger partial charge >= 0.3 is 5.97 Å². The van der Waals surface area contributed by atoms with Crippen LogP contribution in [0.15, 0.2) is 54.6 Å². The highest BCUT2D eigenvalue weighted by Gasteiger charge is 2.28. The van der Waals surface area contributed by atoms with E-state index < -0.39 is 12.1 Å². The van der Waals surface area contributed by atoms with Crippen LogP contribution in [0.25, 0.3) is 0 Å². The normalized spacial score (nSPS) is 16.0. The lowest BCUT2D eigenvalue weighted by Gasteiger charge is -2.33. The summed E-state index contributed by atoms with van der Waals surface area (Å²) in [6, 6.07) is 16.3. The summed E-state index contributed by atoms with van der Waals surface area (Å²) in [4.78, 5) is 26.5. The number of esters is 1. The molecule has 0 saturated carbocycles. The van der Waals surface area contributed by atoms with Crippen LogP contribution in [0.3, 0.4) is 0 Å². The van der Waals surface area contributed by atoms with Crippen LogP contribution in [0, 0.1) is 5.92 Å². The maximum atomic E-state index is 12.6. The molecule has 1 aliphatic rings. The van der Waals surface area contributed by atoms with Gasteiger partial charge in [-0.3, -0.25) is 4.79 Å². The number of amides is 1. The van der Waals surface area contributed by atoms with Gasteiger partial charge in [0.25, 0.3) is 5.91 Å². The van der Waals surface area contributed by atoms with E-state index in [1.54, 1.807) is 24.0 Å². The van der Waals surface area contributed by atoms with Gasteiger partial charge in [-0.25, -0.2) is 4.79 Å². The Morgan fingerprint density at radius 3 is 2.48 bits per heavy atom. The molecule has 1 unspecified atom stereocenters. The standard InChI is InChI=1S/C22H25NO4/c1-16(27-22(26)19-8-5-9-20(24)15-19)21(25)23-12-10-18(11-13-23)14-17-6-3-2-4-7-17/h2-9,15-16,18,24H,10-14H2,1H3. The van der Waals surface area contributed by atoms with E-state index in [0.717, 1.165) is 19.3 Å². The zero-order valence-electron chi connectivity index (χ0n) is 15.5. The van der Waals surface area contributed by atoms with Gasteiger partial charge in [0.05, 0.1) is 5.56 Å². The number of phenolic OH excluding ortho intramolecular Hbond substituents is 1. The summed E-state index contributed by atoms with van der Waals surface area (Å²) in [6.45, 7) is 2.97. The number of carbonyl (C=O) groups excluding carboxylic acids is 2. The Bertz CT molecular complexity index is 782. The lowest BCUT2D eigenvalue weighted by Crippen LogP contribution is -2.44. The van der Waals surface area contributed by atoms with Crippen molar-refractivity contribution in [3.8, 4) is 5.75 Å². The fourth-order valence-electron chi connectivity index (χ4n) is 3.47. The van der Waals surface area contributed by atoms with E-state index in [1.165, 1.54) is 17.7 Å². The van der Waals surface area contributed by atoms with Gasteiger partial charge in [0.15, 0.2) is 6.10 Å². The number of aromatic hydroxyl groups is 1. The average Bonchev–Trinajstić information content (AvgIpc) is 2.69. The van der Waals surface area contributed by atoms with E-state index in [-0.39, 0.29) is 17.2 Å². The number of ether oxygens (including phenoxy) is 1. The van der Waals surface area contributed by atoms with Gasteiger partial charge < -0.3 is 14.7 Å². The van der Waals surface area contributed by atoms with E-state index in [9.17, 15) is 14.7 Å². The van der Waals surface area contributed by atoms with Crippen LogP contribution in [0.1, 0.15) is 35.7 Å². The van der Waals surface area contributed by atoms with Crippen LogP contribution in [0.2, 0.25) is 0 Å². The maximum absolute atomic E-state index is 12.6. The molecule has 1 fully saturated rings. The van der Waals surface area contributed by atoms with E-state index >= 15 is 0 Å². The summed E-state index contributed by atoms with van der Waals surface area (Å²) in [5, 5.41) is 9.46. The van der Waals surface area contributed by atoms with Crippen LogP contribution in [0.4, 0.5) is 0 Å². The van der Waals surface area contributed by atoms with Gasteiger partial charge in [-0.15, -0.1) is 0 Å². The predicted octanol–water partition coefficient (Wildman–Crippen LogP) is 3.42. The van der Waals surface area contributed by atoms with Gasteiger partial charge in [-0.1, -0.05) is 36.4 Å². The van der Waals surface area contributed by atoms with Crippen molar-refractivity contribution in [3.05, 3.63) is 65.7 Å². The molecule has 1 heterocycles. The molecule has 142 valence electrons. The van der Waals surface area contributed by atoms with Crippen LogP contribution in [-0.2, 0) is 16.0 Å². The average molecular weight is 367 g/mol. The topological polar surface area (TPSA) is 66.8 Å². The summed E-state index contributed by atoms with van der Waals surface area (Å²) in [6.07, 6.45) is 2.10. The van der Waals surface area contributed by atoms with Gasteiger partial charge in [0.2, 0.25) is 0 Å². The number of carbonyl (C=O) groups is 2. The van der Waals surface area contributed by atoms with Crippen molar-refractivity contribution in [2.24, 2.45) is 5.92 Å². The molecule has 1 saturated heterocycles. The molecule has 5 nitrogen and oxygen atoms in total. The van der Waals surface area contributed by atoms with Crippen LogP contribution >= 0.6 is 0 Å². The van der Waals surface area contributed by atoms with Gasteiger partial charge in [0.1, 0.15) is 5.75 Å². The molecule has 0 spiro atoms. The van der Waals surface area contributed by atoms with E-state index in [0.29, 0.717) is 19.0 Å². The summed E-state index contributed by atoms with van der Waals surface area (Å²) >= 11 is 0. The zero-order chi connectivity index (χ0) is 19.2. The molecule has 3 rings (SSSR count). The van der Waals surface area contributed by atoms with Gasteiger partial charge in [-0.2, -0.15) is 0 Å². The van der Waals surface area contributed by atoms with Crippen LogP contribution < -0.4 is 0 Å². The molecule has 0 aromatic heterocycles. The molecular formula is C22H25NO4. The Balaban J connectivity index is 1.49. The molecule has 1 aliphatic heterocycles. The minimum atomic E-state index is -0.842. The SMILES string of the molecule is CC(OC(=O)c1cccc(O)c1)C(=O)N1CCC(Cc2ccccc2)CC1. The first kappa shape index (κ1) is 19.0. The number of hydrogen-bond acceptors (Lipinski definition) is 4. The van der Waals surface area contributed by atoms with Crippen molar-refractivity contribution in [3.63, 3.8) is 0 Å².